The summed E-state index contributed by atoms with van der Waals surface area (Å²) in [5, 5.41) is 3.71. The smallest absolute Gasteiger partial charge is 0.274 e. The molecule has 1 aliphatic heterocycles. The van der Waals surface area contributed by atoms with Crippen molar-refractivity contribution in [1.29, 1.82) is 0 Å². The van der Waals surface area contributed by atoms with Crippen molar-refractivity contribution in [3.05, 3.63) is 41.3 Å². The first kappa shape index (κ1) is 18.5. The van der Waals surface area contributed by atoms with Gasteiger partial charge in [0, 0.05) is 17.6 Å². The zero-order chi connectivity index (χ0) is 18.5. The minimum atomic E-state index is -0.0454. The monoisotopic (exact) mass is 374 g/mol. The highest BCUT2D eigenvalue weighted by atomic mass is 35.5. The van der Waals surface area contributed by atoms with Crippen molar-refractivity contribution in [2.24, 2.45) is 0 Å². The number of carbonyl (C=O) groups excluding carboxylic acids is 1. The first-order valence-corrected chi connectivity index (χ1v) is 9.23. The van der Waals surface area contributed by atoms with Gasteiger partial charge < -0.3 is 15.0 Å². The Kier molecular flexibility index (Phi) is 5.93. The molecule has 0 aliphatic carbocycles. The second kappa shape index (κ2) is 8.36. The molecule has 1 N–H and O–H groups in total. The zero-order valence-corrected chi connectivity index (χ0v) is 15.8. The van der Waals surface area contributed by atoms with Gasteiger partial charge in [-0.2, -0.15) is 0 Å². The molecule has 0 radical (unpaired) electrons. The first-order chi connectivity index (χ1) is 12.6. The minimum Gasteiger partial charge on any atom is -0.495 e. The number of hydrogen-bond donors (Lipinski definition) is 1. The first-order valence-electron chi connectivity index (χ1n) is 8.86. The van der Waals surface area contributed by atoms with Crippen LogP contribution in [-0.2, 0) is 0 Å². The molecule has 2 aromatic rings. The van der Waals surface area contributed by atoms with Gasteiger partial charge in [0.25, 0.3) is 5.91 Å². The van der Waals surface area contributed by atoms with Gasteiger partial charge in [0.1, 0.15) is 17.3 Å². The molecule has 1 aromatic carbocycles. The standard InChI is InChI=1S/C19H23ClN4O2/c1-3-14-6-4-5-9-24(14)19(25)16-11-22-18(12-21-16)23-15-10-13(20)7-8-17(15)26-2/h7-8,10-12,14H,3-6,9H2,1-2H3,(H,22,23). The fourth-order valence-electron chi connectivity index (χ4n) is 3.26. The third kappa shape index (κ3) is 4.07. The van der Waals surface area contributed by atoms with E-state index >= 15 is 0 Å². The highest BCUT2D eigenvalue weighted by Gasteiger charge is 2.27. The summed E-state index contributed by atoms with van der Waals surface area (Å²) in [7, 11) is 1.59. The Morgan fingerprint density at radius 1 is 1.35 bits per heavy atom. The van der Waals surface area contributed by atoms with E-state index in [0.29, 0.717) is 34.0 Å². The number of anilines is 2. The number of amides is 1. The molecule has 1 amide bonds. The van der Waals surface area contributed by atoms with Crippen LogP contribution in [0.4, 0.5) is 11.5 Å². The second-order valence-corrected chi connectivity index (χ2v) is 6.75. The minimum absolute atomic E-state index is 0.0454. The second-order valence-electron chi connectivity index (χ2n) is 6.31. The van der Waals surface area contributed by atoms with Crippen molar-refractivity contribution >= 4 is 29.0 Å². The van der Waals surface area contributed by atoms with Crippen LogP contribution in [0.2, 0.25) is 5.02 Å². The molecular formula is C19H23ClN4O2. The molecule has 3 rings (SSSR count). The van der Waals surface area contributed by atoms with E-state index in [1.54, 1.807) is 31.5 Å². The van der Waals surface area contributed by atoms with Crippen molar-refractivity contribution in [2.45, 2.75) is 38.6 Å². The molecule has 6 nitrogen and oxygen atoms in total. The molecule has 0 saturated carbocycles. The van der Waals surface area contributed by atoms with Gasteiger partial charge in [-0.1, -0.05) is 18.5 Å². The van der Waals surface area contributed by atoms with Crippen molar-refractivity contribution in [3.8, 4) is 5.75 Å². The summed E-state index contributed by atoms with van der Waals surface area (Å²) >= 11 is 6.04. The molecule has 1 saturated heterocycles. The van der Waals surface area contributed by atoms with Crippen LogP contribution in [0.5, 0.6) is 5.75 Å². The average Bonchev–Trinajstić information content (AvgIpc) is 2.68. The Bertz CT molecular complexity index is 767. The molecule has 138 valence electrons. The summed E-state index contributed by atoms with van der Waals surface area (Å²) in [6, 6.07) is 5.58. The molecule has 1 aromatic heterocycles. The van der Waals surface area contributed by atoms with Gasteiger partial charge in [-0.05, 0) is 43.9 Å². The number of rotatable bonds is 5. The number of piperidine rings is 1. The lowest BCUT2D eigenvalue weighted by atomic mass is 10.00. The Morgan fingerprint density at radius 2 is 2.19 bits per heavy atom. The van der Waals surface area contributed by atoms with E-state index in [9.17, 15) is 4.79 Å². The van der Waals surface area contributed by atoms with E-state index in [1.807, 2.05) is 4.90 Å². The number of hydrogen-bond acceptors (Lipinski definition) is 5. The molecule has 1 unspecified atom stereocenters. The van der Waals surface area contributed by atoms with E-state index in [4.69, 9.17) is 16.3 Å². The summed E-state index contributed by atoms with van der Waals surface area (Å²) in [4.78, 5) is 23.3. The van der Waals surface area contributed by atoms with Gasteiger partial charge in [0.15, 0.2) is 0 Å². The highest BCUT2D eigenvalue weighted by molar-refractivity contribution is 6.31. The molecule has 1 fully saturated rings. The number of nitrogens with zero attached hydrogens (tertiary/aromatic N) is 3. The molecule has 0 bridgehead atoms. The lowest BCUT2D eigenvalue weighted by Crippen LogP contribution is -2.43. The number of halogens is 1. The number of methoxy groups -OCH3 is 1. The molecular weight excluding hydrogens is 352 g/mol. The summed E-state index contributed by atoms with van der Waals surface area (Å²) in [6.07, 6.45) is 7.32. The molecule has 1 aliphatic rings. The summed E-state index contributed by atoms with van der Waals surface area (Å²) in [6.45, 7) is 2.91. The summed E-state index contributed by atoms with van der Waals surface area (Å²) in [5.74, 6) is 1.12. The van der Waals surface area contributed by atoms with E-state index in [0.717, 1.165) is 25.8 Å². The Hall–Kier alpha value is -2.34. The molecule has 26 heavy (non-hydrogen) atoms. The van der Waals surface area contributed by atoms with Gasteiger partial charge in [-0.15, -0.1) is 0 Å². The number of aromatic nitrogens is 2. The van der Waals surface area contributed by atoms with Crippen LogP contribution in [0, 0.1) is 0 Å². The third-order valence-electron chi connectivity index (χ3n) is 4.65. The van der Waals surface area contributed by atoms with Crippen LogP contribution < -0.4 is 10.1 Å². The molecule has 7 heteroatoms. The normalized spacial score (nSPS) is 17.0. The number of carbonyl (C=O) groups is 1. The van der Waals surface area contributed by atoms with Crippen LogP contribution in [0.3, 0.4) is 0 Å². The highest BCUT2D eigenvalue weighted by Crippen LogP contribution is 2.29. The van der Waals surface area contributed by atoms with Crippen LogP contribution in [-0.4, -0.2) is 40.5 Å². The summed E-state index contributed by atoms with van der Waals surface area (Å²) in [5.41, 5.74) is 1.06. The third-order valence-corrected chi connectivity index (χ3v) is 4.89. The molecule has 0 spiro atoms. The SMILES string of the molecule is CCC1CCCCN1C(=O)c1cnc(Nc2cc(Cl)ccc2OC)cn1. The largest absolute Gasteiger partial charge is 0.495 e. The van der Waals surface area contributed by atoms with Crippen molar-refractivity contribution in [3.63, 3.8) is 0 Å². The number of ether oxygens (including phenoxy) is 1. The lowest BCUT2D eigenvalue weighted by Gasteiger charge is -2.34. The maximum absolute atomic E-state index is 12.7. The fourth-order valence-corrected chi connectivity index (χ4v) is 3.43. The van der Waals surface area contributed by atoms with Crippen LogP contribution >= 0.6 is 11.6 Å². The molecule has 1 atom stereocenters. The van der Waals surface area contributed by atoms with Crippen LogP contribution in [0.25, 0.3) is 0 Å². The van der Waals surface area contributed by atoms with Gasteiger partial charge in [0.2, 0.25) is 0 Å². The Morgan fingerprint density at radius 3 is 2.88 bits per heavy atom. The maximum atomic E-state index is 12.7. The van der Waals surface area contributed by atoms with Gasteiger partial charge >= 0.3 is 0 Å². The van der Waals surface area contributed by atoms with Crippen molar-refractivity contribution in [2.75, 3.05) is 19.0 Å². The predicted octanol–water partition coefficient (Wildman–Crippen LogP) is 4.29. The van der Waals surface area contributed by atoms with Gasteiger partial charge in [-0.25, -0.2) is 9.97 Å². The fraction of sp³-hybridized carbons (Fsp3) is 0.421. The van der Waals surface area contributed by atoms with E-state index in [-0.39, 0.29) is 5.91 Å². The number of benzene rings is 1. The number of nitrogens with one attached hydrogen (secondary N) is 1. The van der Waals surface area contributed by atoms with Crippen LogP contribution in [0.15, 0.2) is 30.6 Å². The van der Waals surface area contributed by atoms with Crippen molar-refractivity contribution < 1.29 is 9.53 Å². The lowest BCUT2D eigenvalue weighted by molar-refractivity contribution is 0.0601. The zero-order valence-electron chi connectivity index (χ0n) is 15.0. The summed E-state index contributed by atoms with van der Waals surface area (Å²) < 4.78 is 5.31. The van der Waals surface area contributed by atoms with E-state index < -0.39 is 0 Å². The topological polar surface area (TPSA) is 67.4 Å². The quantitative estimate of drug-likeness (QED) is 0.845. The van der Waals surface area contributed by atoms with Gasteiger partial charge in [0.05, 0.1) is 25.2 Å². The number of likely N-dealkylation sites (tertiary alicyclic amines) is 1. The van der Waals surface area contributed by atoms with Crippen LogP contribution in [0.1, 0.15) is 43.1 Å². The predicted molar refractivity (Wildman–Crippen MR) is 102 cm³/mol. The average molecular weight is 375 g/mol. The Balaban J connectivity index is 1.74. The maximum Gasteiger partial charge on any atom is 0.274 e. The van der Waals surface area contributed by atoms with E-state index in [2.05, 4.69) is 22.2 Å². The van der Waals surface area contributed by atoms with E-state index in [1.165, 1.54) is 12.6 Å². The van der Waals surface area contributed by atoms with Crippen molar-refractivity contribution in [1.82, 2.24) is 14.9 Å². The Labute approximate surface area is 158 Å². The van der Waals surface area contributed by atoms with Gasteiger partial charge in [-0.3, -0.25) is 4.79 Å². The molecule has 2 heterocycles.